The molecule has 2 aliphatic rings. The first kappa shape index (κ1) is 13.9. The molecule has 3 atom stereocenters. The van der Waals surface area contributed by atoms with Gasteiger partial charge in [0.15, 0.2) is 0 Å². The van der Waals surface area contributed by atoms with Crippen molar-refractivity contribution < 1.29 is 0 Å². The molecule has 0 saturated carbocycles. The Labute approximate surface area is 122 Å². The van der Waals surface area contributed by atoms with E-state index >= 15 is 0 Å². The summed E-state index contributed by atoms with van der Waals surface area (Å²) in [6.45, 7) is 8.14. The van der Waals surface area contributed by atoms with Crippen LogP contribution < -0.4 is 5.32 Å². The summed E-state index contributed by atoms with van der Waals surface area (Å²) in [5.74, 6) is 3.61. The molecule has 3 nitrogen and oxygen atoms in total. The molecule has 0 aromatic carbocycles. The average Bonchev–Trinajstić information content (AvgIpc) is 2.89. The van der Waals surface area contributed by atoms with E-state index < -0.39 is 0 Å². The molecule has 0 amide bonds. The topological polar surface area (TPSA) is 29.9 Å². The van der Waals surface area contributed by atoms with Gasteiger partial charge >= 0.3 is 0 Å². The van der Waals surface area contributed by atoms with Crippen LogP contribution in [0.3, 0.4) is 0 Å². The summed E-state index contributed by atoms with van der Waals surface area (Å²) in [5.41, 5.74) is 1.59. The van der Waals surface area contributed by atoms with Gasteiger partial charge in [0.05, 0.1) is 0 Å². The van der Waals surface area contributed by atoms with E-state index in [2.05, 4.69) is 41.0 Å². The maximum Gasteiger partial charge on any atom is 0.108 e. The maximum atomic E-state index is 4.40. The second-order valence-corrected chi connectivity index (χ2v) is 6.67. The van der Waals surface area contributed by atoms with Crippen molar-refractivity contribution in [1.29, 1.82) is 0 Å². The van der Waals surface area contributed by atoms with E-state index in [1.165, 1.54) is 25.1 Å². The van der Waals surface area contributed by atoms with Crippen LogP contribution in [-0.4, -0.2) is 22.6 Å². The lowest BCUT2D eigenvalue weighted by molar-refractivity contribution is 0.311. The third-order valence-corrected chi connectivity index (χ3v) is 5.19. The predicted octanol–water partition coefficient (Wildman–Crippen LogP) is 3.03. The molecule has 0 radical (unpaired) electrons. The Bertz CT molecular complexity index is 474. The van der Waals surface area contributed by atoms with Crippen LogP contribution in [0.5, 0.6) is 0 Å². The maximum absolute atomic E-state index is 4.40. The van der Waals surface area contributed by atoms with Crippen LogP contribution in [-0.2, 0) is 13.0 Å². The summed E-state index contributed by atoms with van der Waals surface area (Å²) in [6.07, 6.45) is 11.5. The van der Waals surface area contributed by atoms with E-state index in [9.17, 15) is 0 Å². The Morgan fingerprint density at radius 2 is 2.25 bits per heavy atom. The molecule has 1 N–H and O–H groups in total. The molecule has 0 spiro atoms. The highest BCUT2D eigenvalue weighted by atomic mass is 15.1. The standard InChI is InChI=1S/C17H27N3/c1-13-4-3-5-14(2)16(13)11-18-10-15-6-7-17-19-8-9-20(17)12-15/h4,8-9,14-16,18H,3,5-7,10-12H2,1-2H3/t14-,15-,16+/m0/s1. The molecule has 0 unspecified atom stereocenters. The van der Waals surface area contributed by atoms with Crippen LogP contribution >= 0.6 is 0 Å². The lowest BCUT2D eigenvalue weighted by Crippen LogP contribution is -2.35. The molecule has 0 bridgehead atoms. The fourth-order valence-corrected chi connectivity index (χ4v) is 3.78. The van der Waals surface area contributed by atoms with Gasteiger partial charge in [0.25, 0.3) is 0 Å². The van der Waals surface area contributed by atoms with Crippen molar-refractivity contribution in [3.8, 4) is 0 Å². The number of hydrogen-bond acceptors (Lipinski definition) is 2. The highest BCUT2D eigenvalue weighted by Gasteiger charge is 2.23. The zero-order valence-electron chi connectivity index (χ0n) is 12.8. The Balaban J connectivity index is 1.46. The monoisotopic (exact) mass is 273 g/mol. The van der Waals surface area contributed by atoms with Gasteiger partial charge in [0, 0.05) is 31.9 Å². The molecule has 3 rings (SSSR count). The first-order chi connectivity index (χ1) is 9.74. The minimum absolute atomic E-state index is 0.746. The lowest BCUT2D eigenvalue weighted by atomic mass is 9.80. The molecule has 2 heterocycles. The molecular weight excluding hydrogens is 246 g/mol. The summed E-state index contributed by atoms with van der Waals surface area (Å²) in [6, 6.07) is 0. The fourth-order valence-electron chi connectivity index (χ4n) is 3.78. The number of aryl methyl sites for hydroxylation is 1. The number of allylic oxidation sites excluding steroid dienone is 1. The van der Waals surface area contributed by atoms with Crippen LogP contribution in [0.4, 0.5) is 0 Å². The molecular formula is C17H27N3. The minimum Gasteiger partial charge on any atom is -0.335 e. The van der Waals surface area contributed by atoms with Gasteiger partial charge in [0.2, 0.25) is 0 Å². The number of nitrogens with one attached hydrogen (secondary N) is 1. The number of aromatic nitrogens is 2. The highest BCUT2D eigenvalue weighted by molar-refractivity contribution is 5.09. The van der Waals surface area contributed by atoms with Gasteiger partial charge in [-0.3, -0.25) is 0 Å². The molecule has 3 heteroatoms. The van der Waals surface area contributed by atoms with E-state index in [0.29, 0.717) is 0 Å². The van der Waals surface area contributed by atoms with E-state index in [-0.39, 0.29) is 0 Å². The minimum atomic E-state index is 0.746. The third kappa shape index (κ3) is 2.98. The summed E-state index contributed by atoms with van der Waals surface area (Å²) in [7, 11) is 0. The van der Waals surface area contributed by atoms with Crippen molar-refractivity contribution in [2.75, 3.05) is 13.1 Å². The van der Waals surface area contributed by atoms with Crippen molar-refractivity contribution in [1.82, 2.24) is 14.9 Å². The van der Waals surface area contributed by atoms with E-state index in [1.807, 2.05) is 6.20 Å². The van der Waals surface area contributed by atoms with Crippen LogP contribution in [0, 0.1) is 17.8 Å². The molecule has 1 aliphatic heterocycles. The van der Waals surface area contributed by atoms with Crippen molar-refractivity contribution in [3.63, 3.8) is 0 Å². The summed E-state index contributed by atoms with van der Waals surface area (Å²) >= 11 is 0. The third-order valence-electron chi connectivity index (χ3n) is 5.19. The van der Waals surface area contributed by atoms with E-state index in [0.717, 1.165) is 43.8 Å². The Morgan fingerprint density at radius 1 is 1.35 bits per heavy atom. The predicted molar refractivity (Wildman–Crippen MR) is 82.6 cm³/mol. The van der Waals surface area contributed by atoms with Gasteiger partial charge in [-0.05, 0) is 50.5 Å². The molecule has 110 valence electrons. The van der Waals surface area contributed by atoms with Gasteiger partial charge in [-0.2, -0.15) is 0 Å². The first-order valence-electron chi connectivity index (χ1n) is 8.11. The number of imidazole rings is 1. The van der Waals surface area contributed by atoms with E-state index in [4.69, 9.17) is 0 Å². The molecule has 0 fully saturated rings. The SMILES string of the molecule is CC1=CCC[C@H](C)[C@@H]1CNC[C@@H]1CCc2nccn2C1. The second kappa shape index (κ2) is 6.13. The molecule has 1 aromatic heterocycles. The van der Waals surface area contributed by atoms with Crippen molar-refractivity contribution in [2.45, 2.75) is 46.1 Å². The zero-order valence-corrected chi connectivity index (χ0v) is 12.8. The number of fused-ring (bicyclic) bond motifs is 1. The van der Waals surface area contributed by atoms with Crippen molar-refractivity contribution in [2.24, 2.45) is 17.8 Å². The summed E-state index contributed by atoms with van der Waals surface area (Å²) in [5, 5.41) is 3.73. The van der Waals surface area contributed by atoms with E-state index in [1.54, 1.807) is 5.57 Å². The normalized spacial score (nSPS) is 29.9. The fraction of sp³-hybridized carbons (Fsp3) is 0.706. The summed E-state index contributed by atoms with van der Waals surface area (Å²) in [4.78, 5) is 4.40. The largest absolute Gasteiger partial charge is 0.335 e. The second-order valence-electron chi connectivity index (χ2n) is 6.67. The molecule has 0 saturated heterocycles. The number of hydrogen-bond donors (Lipinski definition) is 1. The highest BCUT2D eigenvalue weighted by Crippen LogP contribution is 2.29. The Morgan fingerprint density at radius 3 is 3.10 bits per heavy atom. The quantitative estimate of drug-likeness (QED) is 0.855. The van der Waals surface area contributed by atoms with Gasteiger partial charge in [-0.15, -0.1) is 0 Å². The molecule has 20 heavy (non-hydrogen) atoms. The van der Waals surface area contributed by atoms with Crippen LogP contribution in [0.15, 0.2) is 24.0 Å². The van der Waals surface area contributed by atoms with Gasteiger partial charge in [-0.1, -0.05) is 18.6 Å². The first-order valence-corrected chi connectivity index (χ1v) is 8.11. The molecule has 1 aromatic rings. The van der Waals surface area contributed by atoms with Gasteiger partial charge < -0.3 is 9.88 Å². The number of nitrogens with zero attached hydrogens (tertiary/aromatic N) is 2. The van der Waals surface area contributed by atoms with Gasteiger partial charge in [-0.25, -0.2) is 4.98 Å². The van der Waals surface area contributed by atoms with Crippen LogP contribution in [0.1, 0.15) is 38.9 Å². The molecule has 1 aliphatic carbocycles. The van der Waals surface area contributed by atoms with Gasteiger partial charge in [0.1, 0.15) is 5.82 Å². The Hall–Kier alpha value is -1.09. The zero-order chi connectivity index (χ0) is 13.9. The van der Waals surface area contributed by atoms with Crippen molar-refractivity contribution in [3.05, 3.63) is 29.9 Å². The van der Waals surface area contributed by atoms with Crippen LogP contribution in [0.25, 0.3) is 0 Å². The lowest BCUT2D eigenvalue weighted by Gasteiger charge is -2.30. The average molecular weight is 273 g/mol. The smallest absolute Gasteiger partial charge is 0.108 e. The van der Waals surface area contributed by atoms with Crippen LogP contribution in [0.2, 0.25) is 0 Å². The number of rotatable bonds is 4. The summed E-state index contributed by atoms with van der Waals surface area (Å²) < 4.78 is 2.32. The Kier molecular flexibility index (Phi) is 4.25. The van der Waals surface area contributed by atoms with Crippen molar-refractivity contribution >= 4 is 0 Å².